The van der Waals surface area contributed by atoms with Gasteiger partial charge in [0.05, 0.1) is 17.3 Å². The van der Waals surface area contributed by atoms with Crippen molar-refractivity contribution in [2.75, 3.05) is 7.11 Å². The molecule has 1 amide bonds. The molecule has 4 nitrogen and oxygen atoms in total. The van der Waals surface area contributed by atoms with Crippen molar-refractivity contribution >= 4 is 27.9 Å². The summed E-state index contributed by atoms with van der Waals surface area (Å²) in [5.41, 5.74) is 1.74. The van der Waals surface area contributed by atoms with E-state index in [9.17, 15) is 4.79 Å². The third kappa shape index (κ3) is 4.72. The molecule has 21 heavy (non-hydrogen) atoms. The highest BCUT2D eigenvalue weighted by Crippen LogP contribution is 2.25. The number of pyridine rings is 1. The fourth-order valence-electron chi connectivity index (χ4n) is 1.70. The molecule has 1 N–H and O–H groups in total. The quantitative estimate of drug-likeness (QED) is 0.846. The topological polar surface area (TPSA) is 51.2 Å². The maximum atomic E-state index is 11.7. The van der Waals surface area contributed by atoms with Crippen LogP contribution in [0.2, 0.25) is 0 Å². The number of nitrogens with one attached hydrogen (secondary N) is 1. The molecule has 0 saturated heterocycles. The largest absolute Gasteiger partial charge is 0.496 e. The van der Waals surface area contributed by atoms with Gasteiger partial charge in [0.2, 0.25) is 5.91 Å². The molecule has 2 rings (SSSR count). The zero-order valence-corrected chi connectivity index (χ0v) is 13.1. The number of ether oxygens (including phenoxy) is 1. The van der Waals surface area contributed by atoms with E-state index in [1.807, 2.05) is 36.4 Å². The number of carbonyl (C=O) groups is 1. The minimum absolute atomic E-state index is 0.160. The second kappa shape index (κ2) is 7.59. The van der Waals surface area contributed by atoms with Gasteiger partial charge in [-0.3, -0.25) is 9.78 Å². The Morgan fingerprint density at radius 2 is 2.24 bits per heavy atom. The molecule has 1 aromatic carbocycles. The minimum atomic E-state index is -0.160. The first kappa shape index (κ1) is 15.3. The molecule has 1 aromatic heterocycles. The lowest BCUT2D eigenvalue weighted by molar-refractivity contribution is -0.116. The van der Waals surface area contributed by atoms with Gasteiger partial charge in [-0.15, -0.1) is 0 Å². The Balaban J connectivity index is 1.89. The molecule has 0 aliphatic carbocycles. The maximum absolute atomic E-state index is 11.7. The smallest absolute Gasteiger partial charge is 0.244 e. The van der Waals surface area contributed by atoms with E-state index in [0.717, 1.165) is 21.5 Å². The number of amides is 1. The predicted molar refractivity (Wildman–Crippen MR) is 85.8 cm³/mol. The van der Waals surface area contributed by atoms with Crippen LogP contribution in [-0.4, -0.2) is 18.0 Å². The number of rotatable bonds is 5. The van der Waals surface area contributed by atoms with E-state index in [4.69, 9.17) is 4.74 Å². The predicted octanol–water partition coefficient (Wildman–Crippen LogP) is 3.18. The Labute approximate surface area is 132 Å². The second-order valence-corrected chi connectivity index (χ2v) is 5.13. The zero-order chi connectivity index (χ0) is 15.1. The summed E-state index contributed by atoms with van der Waals surface area (Å²) in [6.45, 7) is 0.452. The van der Waals surface area contributed by atoms with E-state index in [1.165, 1.54) is 6.08 Å². The summed E-state index contributed by atoms with van der Waals surface area (Å²) < 4.78 is 6.02. The summed E-state index contributed by atoms with van der Waals surface area (Å²) in [6, 6.07) is 11.2. The molecule has 2 aromatic rings. The molecule has 0 bridgehead atoms. The molecular formula is C16H15BrN2O2. The fourth-order valence-corrected chi connectivity index (χ4v) is 2.29. The summed E-state index contributed by atoms with van der Waals surface area (Å²) in [4.78, 5) is 15.8. The molecule has 0 spiro atoms. The van der Waals surface area contributed by atoms with Gasteiger partial charge in [0.15, 0.2) is 0 Å². The zero-order valence-electron chi connectivity index (χ0n) is 11.5. The lowest BCUT2D eigenvalue weighted by atomic mass is 10.2. The summed E-state index contributed by atoms with van der Waals surface area (Å²) in [6.07, 6.45) is 4.84. The molecule has 1 heterocycles. The van der Waals surface area contributed by atoms with Crippen molar-refractivity contribution in [1.29, 1.82) is 0 Å². The molecule has 0 radical (unpaired) electrons. The Morgan fingerprint density at radius 1 is 1.38 bits per heavy atom. The van der Waals surface area contributed by atoms with E-state index in [0.29, 0.717) is 6.54 Å². The summed E-state index contributed by atoms with van der Waals surface area (Å²) in [5, 5.41) is 2.82. The average molecular weight is 347 g/mol. The van der Waals surface area contributed by atoms with Crippen LogP contribution in [0.15, 0.2) is 53.1 Å². The molecular weight excluding hydrogens is 332 g/mol. The Bertz CT molecular complexity index is 642. The number of hydrogen-bond donors (Lipinski definition) is 1. The standard InChI is InChI=1S/C16H15BrN2O2/c1-21-15-7-5-12(10-14(15)17)11-19-16(20)8-6-13-4-2-3-9-18-13/h2-10H,11H2,1H3,(H,19,20). The van der Waals surface area contributed by atoms with Crippen LogP contribution in [-0.2, 0) is 11.3 Å². The summed E-state index contributed by atoms with van der Waals surface area (Å²) in [5.74, 6) is 0.604. The summed E-state index contributed by atoms with van der Waals surface area (Å²) >= 11 is 3.42. The van der Waals surface area contributed by atoms with Crippen molar-refractivity contribution in [3.05, 3.63) is 64.4 Å². The number of nitrogens with zero attached hydrogens (tertiary/aromatic N) is 1. The molecule has 108 valence electrons. The van der Waals surface area contributed by atoms with Crippen LogP contribution in [0.4, 0.5) is 0 Å². The van der Waals surface area contributed by atoms with Crippen molar-refractivity contribution in [2.24, 2.45) is 0 Å². The number of methoxy groups -OCH3 is 1. The van der Waals surface area contributed by atoms with Gasteiger partial charge in [-0.25, -0.2) is 0 Å². The second-order valence-electron chi connectivity index (χ2n) is 4.27. The monoisotopic (exact) mass is 346 g/mol. The maximum Gasteiger partial charge on any atom is 0.244 e. The molecule has 0 atom stereocenters. The number of halogens is 1. The van der Waals surface area contributed by atoms with E-state index in [2.05, 4.69) is 26.2 Å². The molecule has 5 heteroatoms. The van der Waals surface area contributed by atoms with Crippen molar-refractivity contribution in [3.8, 4) is 5.75 Å². The van der Waals surface area contributed by atoms with Crippen LogP contribution in [0.25, 0.3) is 6.08 Å². The van der Waals surface area contributed by atoms with Gasteiger partial charge in [0.1, 0.15) is 5.75 Å². The average Bonchev–Trinajstić information content (AvgIpc) is 2.52. The molecule has 0 saturated carbocycles. The van der Waals surface area contributed by atoms with Gasteiger partial charge in [-0.2, -0.15) is 0 Å². The van der Waals surface area contributed by atoms with Crippen LogP contribution in [0.5, 0.6) is 5.75 Å². The van der Waals surface area contributed by atoms with Gasteiger partial charge in [-0.1, -0.05) is 12.1 Å². The first-order chi connectivity index (χ1) is 10.2. The van der Waals surface area contributed by atoms with Crippen LogP contribution in [0, 0.1) is 0 Å². The van der Waals surface area contributed by atoms with Crippen LogP contribution in [0.3, 0.4) is 0 Å². The highest BCUT2D eigenvalue weighted by atomic mass is 79.9. The van der Waals surface area contributed by atoms with Crippen molar-refractivity contribution in [3.63, 3.8) is 0 Å². The van der Waals surface area contributed by atoms with Gasteiger partial charge in [0.25, 0.3) is 0 Å². The van der Waals surface area contributed by atoms with Crippen LogP contribution >= 0.6 is 15.9 Å². The van der Waals surface area contributed by atoms with Gasteiger partial charge >= 0.3 is 0 Å². The Hall–Kier alpha value is -2.14. The normalized spacial score (nSPS) is 10.6. The van der Waals surface area contributed by atoms with Crippen molar-refractivity contribution in [2.45, 2.75) is 6.54 Å². The lowest BCUT2D eigenvalue weighted by Gasteiger charge is -2.06. The highest BCUT2D eigenvalue weighted by molar-refractivity contribution is 9.10. The van der Waals surface area contributed by atoms with Crippen molar-refractivity contribution in [1.82, 2.24) is 10.3 Å². The fraction of sp³-hybridized carbons (Fsp3) is 0.125. The summed E-state index contributed by atoms with van der Waals surface area (Å²) in [7, 11) is 1.62. The van der Waals surface area contributed by atoms with Gasteiger partial charge < -0.3 is 10.1 Å². The molecule has 0 aliphatic heterocycles. The number of hydrogen-bond acceptors (Lipinski definition) is 3. The van der Waals surface area contributed by atoms with E-state index < -0.39 is 0 Å². The molecule has 0 aliphatic rings. The van der Waals surface area contributed by atoms with E-state index >= 15 is 0 Å². The highest BCUT2D eigenvalue weighted by Gasteiger charge is 2.02. The minimum Gasteiger partial charge on any atom is -0.496 e. The van der Waals surface area contributed by atoms with Gasteiger partial charge in [-0.05, 0) is 51.8 Å². The SMILES string of the molecule is COc1ccc(CNC(=O)C=Cc2ccccn2)cc1Br. The van der Waals surface area contributed by atoms with E-state index in [-0.39, 0.29) is 5.91 Å². The number of carbonyl (C=O) groups excluding carboxylic acids is 1. The lowest BCUT2D eigenvalue weighted by Crippen LogP contribution is -2.20. The van der Waals surface area contributed by atoms with Crippen molar-refractivity contribution < 1.29 is 9.53 Å². The molecule has 0 unspecified atom stereocenters. The number of benzene rings is 1. The number of aromatic nitrogens is 1. The third-order valence-electron chi connectivity index (χ3n) is 2.78. The van der Waals surface area contributed by atoms with Crippen LogP contribution in [0.1, 0.15) is 11.3 Å². The van der Waals surface area contributed by atoms with E-state index in [1.54, 1.807) is 19.4 Å². The first-order valence-corrected chi connectivity index (χ1v) is 7.17. The first-order valence-electron chi connectivity index (χ1n) is 6.38. The Kier molecular flexibility index (Phi) is 5.51. The van der Waals surface area contributed by atoms with Gasteiger partial charge in [0, 0.05) is 18.8 Å². The Morgan fingerprint density at radius 3 is 2.90 bits per heavy atom. The van der Waals surface area contributed by atoms with Crippen LogP contribution < -0.4 is 10.1 Å². The third-order valence-corrected chi connectivity index (χ3v) is 3.40. The molecule has 0 fully saturated rings.